The Bertz CT molecular complexity index is 979. The minimum atomic E-state index is -3.90. The quantitative estimate of drug-likeness (QED) is 0.782. The number of nitrogens with one attached hydrogen (secondary N) is 1. The summed E-state index contributed by atoms with van der Waals surface area (Å²) >= 11 is 5.99. The first-order valence-corrected chi connectivity index (χ1v) is 9.62. The van der Waals surface area contributed by atoms with Crippen LogP contribution in [0.3, 0.4) is 0 Å². The second-order valence-corrected chi connectivity index (χ2v) is 8.13. The number of nitrogens with zero attached hydrogens (tertiary/aromatic N) is 1. The molecule has 3 rings (SSSR count). The van der Waals surface area contributed by atoms with E-state index in [9.17, 15) is 13.2 Å². The molecule has 0 aromatic heterocycles. The van der Waals surface area contributed by atoms with Gasteiger partial charge < -0.3 is 19.5 Å². The zero-order valence-electron chi connectivity index (χ0n) is 14.6. The molecule has 0 saturated carbocycles. The lowest BCUT2D eigenvalue weighted by atomic mass is 10.3. The van der Waals surface area contributed by atoms with Crippen molar-refractivity contribution in [1.82, 2.24) is 4.31 Å². The summed E-state index contributed by atoms with van der Waals surface area (Å²) < 4.78 is 41.7. The van der Waals surface area contributed by atoms with E-state index in [1.165, 1.54) is 32.4 Å². The SMILES string of the molecule is COc1ccc(S(=O)(=O)N(C)CC(=O)Nc2ccc3c(c2)OCO3)cc1Cl. The Morgan fingerprint density at radius 2 is 1.96 bits per heavy atom. The third kappa shape index (κ3) is 4.10. The molecule has 2 aromatic rings. The second-order valence-electron chi connectivity index (χ2n) is 5.67. The molecule has 0 bridgehead atoms. The normalized spacial score (nSPS) is 12.9. The minimum absolute atomic E-state index is 0.0355. The summed E-state index contributed by atoms with van der Waals surface area (Å²) in [5.74, 6) is 0.962. The van der Waals surface area contributed by atoms with Gasteiger partial charge in [0.25, 0.3) is 0 Å². The van der Waals surface area contributed by atoms with E-state index < -0.39 is 15.9 Å². The summed E-state index contributed by atoms with van der Waals surface area (Å²) in [5.41, 5.74) is 0.475. The van der Waals surface area contributed by atoms with Crippen LogP contribution < -0.4 is 19.5 Å². The third-order valence-electron chi connectivity index (χ3n) is 3.85. The van der Waals surface area contributed by atoms with E-state index in [-0.39, 0.29) is 23.3 Å². The number of fused-ring (bicyclic) bond motifs is 1. The number of halogens is 1. The Morgan fingerprint density at radius 3 is 2.67 bits per heavy atom. The lowest BCUT2D eigenvalue weighted by molar-refractivity contribution is -0.116. The first-order valence-electron chi connectivity index (χ1n) is 7.80. The van der Waals surface area contributed by atoms with Crippen molar-refractivity contribution in [3.63, 3.8) is 0 Å². The molecule has 2 aromatic carbocycles. The van der Waals surface area contributed by atoms with E-state index in [1.807, 2.05) is 0 Å². The maximum Gasteiger partial charge on any atom is 0.243 e. The van der Waals surface area contributed by atoms with Crippen LogP contribution in [0.2, 0.25) is 5.02 Å². The number of amides is 1. The van der Waals surface area contributed by atoms with E-state index in [2.05, 4.69) is 5.32 Å². The van der Waals surface area contributed by atoms with Crippen LogP contribution in [0.15, 0.2) is 41.3 Å². The van der Waals surface area contributed by atoms with Gasteiger partial charge in [-0.25, -0.2) is 8.42 Å². The molecule has 1 aliphatic rings. The molecule has 0 saturated heterocycles. The molecule has 0 radical (unpaired) electrons. The van der Waals surface area contributed by atoms with Crippen molar-refractivity contribution in [3.05, 3.63) is 41.4 Å². The molecule has 0 atom stereocenters. The summed E-state index contributed by atoms with van der Waals surface area (Å²) in [4.78, 5) is 12.2. The predicted molar refractivity (Wildman–Crippen MR) is 99.0 cm³/mol. The molecule has 1 amide bonds. The number of likely N-dealkylation sites (N-methyl/N-ethyl adjacent to an activating group) is 1. The Labute approximate surface area is 161 Å². The topological polar surface area (TPSA) is 94.2 Å². The molecule has 0 spiro atoms. The van der Waals surface area contributed by atoms with Crippen molar-refractivity contribution in [1.29, 1.82) is 0 Å². The number of sulfonamides is 1. The van der Waals surface area contributed by atoms with Gasteiger partial charge in [-0.15, -0.1) is 0 Å². The number of hydrogen-bond acceptors (Lipinski definition) is 6. The maximum atomic E-state index is 12.6. The van der Waals surface area contributed by atoms with Crippen molar-refractivity contribution in [2.45, 2.75) is 4.90 Å². The van der Waals surface area contributed by atoms with Crippen LogP contribution in [-0.2, 0) is 14.8 Å². The third-order valence-corrected chi connectivity index (χ3v) is 5.95. The molecule has 27 heavy (non-hydrogen) atoms. The summed E-state index contributed by atoms with van der Waals surface area (Å²) in [6.07, 6.45) is 0. The Morgan fingerprint density at radius 1 is 1.22 bits per heavy atom. The second kappa shape index (κ2) is 7.63. The highest BCUT2D eigenvalue weighted by molar-refractivity contribution is 7.89. The van der Waals surface area contributed by atoms with E-state index in [4.69, 9.17) is 25.8 Å². The maximum absolute atomic E-state index is 12.6. The van der Waals surface area contributed by atoms with Crippen LogP contribution in [0.25, 0.3) is 0 Å². The first kappa shape index (κ1) is 19.3. The highest BCUT2D eigenvalue weighted by Crippen LogP contribution is 2.34. The molecule has 1 heterocycles. The molecule has 1 N–H and O–H groups in total. The number of hydrogen-bond donors (Lipinski definition) is 1. The summed E-state index contributed by atoms with van der Waals surface area (Å²) in [7, 11) is -1.15. The standard InChI is InChI=1S/C17H17ClN2O6S/c1-20(27(22,23)12-4-6-14(24-2)13(18)8-12)9-17(21)19-11-3-5-15-16(7-11)26-10-25-15/h3-8H,9-10H2,1-2H3,(H,19,21). The van der Waals surface area contributed by atoms with Crippen LogP contribution in [0.1, 0.15) is 0 Å². The molecule has 144 valence electrons. The van der Waals surface area contributed by atoms with Gasteiger partial charge in [0.2, 0.25) is 22.7 Å². The fraction of sp³-hybridized carbons (Fsp3) is 0.235. The van der Waals surface area contributed by atoms with Gasteiger partial charge in [0.15, 0.2) is 11.5 Å². The molecule has 8 nitrogen and oxygen atoms in total. The van der Waals surface area contributed by atoms with Gasteiger partial charge in [-0.1, -0.05) is 11.6 Å². The largest absolute Gasteiger partial charge is 0.495 e. The average Bonchev–Trinajstić information content (AvgIpc) is 3.09. The Balaban J connectivity index is 1.69. The van der Waals surface area contributed by atoms with E-state index in [0.717, 1.165) is 4.31 Å². The molecule has 0 unspecified atom stereocenters. The van der Waals surface area contributed by atoms with Crippen LogP contribution in [0.5, 0.6) is 17.2 Å². The molecular weight excluding hydrogens is 396 g/mol. The Kier molecular flexibility index (Phi) is 5.45. The summed E-state index contributed by atoms with van der Waals surface area (Å²) in [5, 5.41) is 2.79. The van der Waals surface area contributed by atoms with Gasteiger partial charge in [-0.2, -0.15) is 4.31 Å². The van der Waals surface area contributed by atoms with Crippen LogP contribution in [0, 0.1) is 0 Å². The van der Waals surface area contributed by atoms with Crippen molar-refractivity contribution < 1.29 is 27.4 Å². The average molecular weight is 413 g/mol. The van der Waals surface area contributed by atoms with E-state index >= 15 is 0 Å². The number of ether oxygens (including phenoxy) is 3. The smallest absolute Gasteiger partial charge is 0.243 e. The van der Waals surface area contributed by atoms with Crippen LogP contribution in [-0.4, -0.2) is 46.1 Å². The van der Waals surface area contributed by atoms with Crippen molar-refractivity contribution in [2.75, 3.05) is 32.8 Å². The van der Waals surface area contributed by atoms with E-state index in [0.29, 0.717) is 22.9 Å². The van der Waals surface area contributed by atoms with Gasteiger partial charge in [0.1, 0.15) is 5.75 Å². The zero-order chi connectivity index (χ0) is 19.6. The lowest BCUT2D eigenvalue weighted by Gasteiger charge is -2.17. The number of anilines is 1. The van der Waals surface area contributed by atoms with E-state index in [1.54, 1.807) is 18.2 Å². The summed E-state index contributed by atoms with van der Waals surface area (Å²) in [6.45, 7) is -0.251. The highest BCUT2D eigenvalue weighted by Gasteiger charge is 2.24. The molecule has 0 aliphatic carbocycles. The Hall–Kier alpha value is -2.49. The number of benzene rings is 2. The fourth-order valence-electron chi connectivity index (χ4n) is 2.45. The molecule has 10 heteroatoms. The van der Waals surface area contributed by atoms with Gasteiger partial charge >= 0.3 is 0 Å². The van der Waals surface area contributed by atoms with Gasteiger partial charge in [0.05, 0.1) is 23.6 Å². The van der Waals surface area contributed by atoms with Crippen molar-refractivity contribution in [3.8, 4) is 17.2 Å². The summed E-state index contributed by atoms with van der Waals surface area (Å²) in [6, 6.07) is 9.02. The number of rotatable bonds is 6. The van der Waals surface area contributed by atoms with Crippen molar-refractivity contribution in [2.24, 2.45) is 0 Å². The fourth-order valence-corrected chi connectivity index (χ4v) is 3.93. The lowest BCUT2D eigenvalue weighted by Crippen LogP contribution is -2.35. The highest BCUT2D eigenvalue weighted by atomic mass is 35.5. The van der Waals surface area contributed by atoms with Crippen LogP contribution in [0.4, 0.5) is 5.69 Å². The number of carbonyl (C=O) groups excluding carboxylic acids is 1. The zero-order valence-corrected chi connectivity index (χ0v) is 16.1. The predicted octanol–water partition coefficient (Wildman–Crippen LogP) is 2.34. The number of methoxy groups -OCH3 is 1. The van der Waals surface area contributed by atoms with Gasteiger partial charge in [-0.3, -0.25) is 4.79 Å². The van der Waals surface area contributed by atoms with Gasteiger partial charge in [-0.05, 0) is 30.3 Å². The molecule has 0 fully saturated rings. The van der Waals surface area contributed by atoms with Crippen molar-refractivity contribution >= 4 is 33.2 Å². The first-order chi connectivity index (χ1) is 12.8. The molecule has 1 aliphatic heterocycles. The van der Waals surface area contributed by atoms with Crippen LogP contribution >= 0.6 is 11.6 Å². The minimum Gasteiger partial charge on any atom is -0.495 e. The monoisotopic (exact) mass is 412 g/mol. The molecular formula is C17H17ClN2O6S. The van der Waals surface area contributed by atoms with Gasteiger partial charge in [0, 0.05) is 18.8 Å². The number of carbonyl (C=O) groups is 1.